The Morgan fingerprint density at radius 3 is 2.38 bits per heavy atom. The molecule has 2 aromatic carbocycles. The average Bonchev–Trinajstić information content (AvgIpc) is 3.28. The predicted molar refractivity (Wildman–Crippen MR) is 125 cm³/mol. The third-order valence-electron chi connectivity index (χ3n) is 5.96. The standard InChI is InChI=1S/C23H25N5O5S/c1-3-21-20(16-24-27(21)18-7-5-4-6-8-18)23(29)25-11-13-26(14-12-25)34(32,33)22-15-19(28(30)31)10-9-17(22)2/h4-10,15-16H,3,11-14H2,1-2H3. The van der Waals surface area contributed by atoms with Crippen molar-refractivity contribution in [2.45, 2.75) is 25.2 Å². The number of nitro groups is 1. The molecule has 1 aliphatic rings. The highest BCUT2D eigenvalue weighted by molar-refractivity contribution is 7.89. The molecular formula is C23H25N5O5S. The van der Waals surface area contributed by atoms with Crippen LogP contribution in [0.1, 0.15) is 28.5 Å². The number of sulfonamides is 1. The van der Waals surface area contributed by atoms with E-state index in [1.54, 1.807) is 22.7 Å². The summed E-state index contributed by atoms with van der Waals surface area (Å²) in [5.74, 6) is -0.192. The number of amides is 1. The number of nitro benzene ring substituents is 1. The van der Waals surface area contributed by atoms with Crippen molar-refractivity contribution in [3.05, 3.63) is 81.7 Å². The van der Waals surface area contributed by atoms with Crippen molar-refractivity contribution in [2.75, 3.05) is 26.2 Å². The number of benzene rings is 2. The fourth-order valence-corrected chi connectivity index (χ4v) is 5.77. The van der Waals surface area contributed by atoms with Crippen LogP contribution in [0, 0.1) is 17.0 Å². The summed E-state index contributed by atoms with van der Waals surface area (Å²) in [6.07, 6.45) is 2.17. The second-order valence-electron chi connectivity index (χ2n) is 8.01. The Hall–Kier alpha value is -3.57. The Balaban J connectivity index is 1.52. The smallest absolute Gasteiger partial charge is 0.270 e. The molecule has 0 radical (unpaired) electrons. The van der Waals surface area contributed by atoms with Crippen molar-refractivity contribution in [2.24, 2.45) is 0 Å². The van der Waals surface area contributed by atoms with Crippen LogP contribution in [-0.4, -0.2) is 64.4 Å². The van der Waals surface area contributed by atoms with Gasteiger partial charge >= 0.3 is 0 Å². The van der Waals surface area contributed by atoms with Crippen LogP contribution in [0.2, 0.25) is 0 Å². The van der Waals surface area contributed by atoms with Gasteiger partial charge in [-0.2, -0.15) is 9.40 Å². The van der Waals surface area contributed by atoms with E-state index in [1.165, 1.54) is 16.4 Å². The highest BCUT2D eigenvalue weighted by Gasteiger charge is 2.33. The van der Waals surface area contributed by atoms with Crippen LogP contribution < -0.4 is 0 Å². The first kappa shape index (κ1) is 23.6. The summed E-state index contributed by atoms with van der Waals surface area (Å²) in [5.41, 5.74) is 2.31. The summed E-state index contributed by atoms with van der Waals surface area (Å²) in [4.78, 5) is 25.3. The number of rotatable bonds is 6. The van der Waals surface area contributed by atoms with Gasteiger partial charge in [0.25, 0.3) is 11.6 Å². The SMILES string of the molecule is CCc1c(C(=O)N2CCN(S(=O)(=O)c3cc([N+](=O)[O-])ccc3C)CC2)cnn1-c1ccccc1. The number of hydrogen-bond acceptors (Lipinski definition) is 6. The van der Waals surface area contributed by atoms with Crippen molar-refractivity contribution < 1.29 is 18.1 Å². The van der Waals surface area contributed by atoms with Crippen molar-refractivity contribution in [3.63, 3.8) is 0 Å². The molecule has 0 saturated carbocycles. The van der Waals surface area contributed by atoms with Crippen LogP contribution in [0.4, 0.5) is 5.69 Å². The summed E-state index contributed by atoms with van der Waals surface area (Å²) in [6, 6.07) is 13.4. The number of carbonyl (C=O) groups excluding carboxylic acids is 1. The van der Waals surface area contributed by atoms with Gasteiger partial charge in [-0.25, -0.2) is 13.1 Å². The largest absolute Gasteiger partial charge is 0.336 e. The number of hydrogen-bond donors (Lipinski definition) is 0. The number of non-ortho nitro benzene ring substituents is 1. The first-order valence-electron chi connectivity index (χ1n) is 10.9. The first-order chi connectivity index (χ1) is 16.2. The van der Waals surface area contributed by atoms with Gasteiger partial charge in [0.15, 0.2) is 0 Å². The monoisotopic (exact) mass is 483 g/mol. The molecule has 178 valence electrons. The van der Waals surface area contributed by atoms with Gasteiger partial charge in [0, 0.05) is 38.3 Å². The fraction of sp³-hybridized carbons (Fsp3) is 0.304. The Bertz CT molecular complexity index is 1330. The van der Waals surface area contributed by atoms with Crippen LogP contribution in [0.25, 0.3) is 5.69 Å². The first-order valence-corrected chi connectivity index (χ1v) is 12.3. The number of aromatic nitrogens is 2. The topological polar surface area (TPSA) is 119 Å². The second kappa shape index (κ2) is 9.35. The van der Waals surface area contributed by atoms with Crippen LogP contribution in [0.15, 0.2) is 59.6 Å². The zero-order valence-corrected chi connectivity index (χ0v) is 19.7. The zero-order chi connectivity index (χ0) is 24.5. The van der Waals surface area contributed by atoms with E-state index in [0.717, 1.165) is 17.4 Å². The summed E-state index contributed by atoms with van der Waals surface area (Å²) in [6.45, 7) is 4.19. The molecule has 1 fully saturated rings. The maximum Gasteiger partial charge on any atom is 0.270 e. The summed E-state index contributed by atoms with van der Waals surface area (Å²) in [7, 11) is -3.93. The van der Waals surface area contributed by atoms with E-state index in [2.05, 4.69) is 5.10 Å². The molecule has 1 saturated heterocycles. The molecule has 3 aromatic rings. The summed E-state index contributed by atoms with van der Waals surface area (Å²) >= 11 is 0. The van der Waals surface area contributed by atoms with Crippen molar-refractivity contribution >= 4 is 21.6 Å². The summed E-state index contributed by atoms with van der Waals surface area (Å²) in [5, 5.41) is 15.5. The molecule has 11 heteroatoms. The second-order valence-corrected chi connectivity index (χ2v) is 9.92. The number of piperazine rings is 1. The minimum Gasteiger partial charge on any atom is -0.336 e. The minimum atomic E-state index is -3.93. The Kier molecular flexibility index (Phi) is 6.49. The van der Waals surface area contributed by atoms with Gasteiger partial charge in [-0.1, -0.05) is 31.2 Å². The molecule has 1 aliphatic heterocycles. The van der Waals surface area contributed by atoms with E-state index in [0.29, 0.717) is 17.5 Å². The van der Waals surface area contributed by atoms with Gasteiger partial charge < -0.3 is 4.90 Å². The maximum atomic E-state index is 13.3. The van der Waals surface area contributed by atoms with Crippen LogP contribution >= 0.6 is 0 Å². The molecular weight excluding hydrogens is 458 g/mol. The Morgan fingerprint density at radius 1 is 1.09 bits per heavy atom. The van der Waals surface area contributed by atoms with Gasteiger partial charge in [-0.3, -0.25) is 14.9 Å². The molecule has 0 spiro atoms. The van der Waals surface area contributed by atoms with Gasteiger partial charge in [0.1, 0.15) is 0 Å². The highest BCUT2D eigenvalue weighted by Crippen LogP contribution is 2.26. The predicted octanol–water partition coefficient (Wildman–Crippen LogP) is 2.80. The number of carbonyl (C=O) groups is 1. The van der Waals surface area contributed by atoms with Crippen LogP contribution in [0.3, 0.4) is 0 Å². The van der Waals surface area contributed by atoms with Gasteiger partial charge in [-0.05, 0) is 31.0 Å². The Morgan fingerprint density at radius 2 is 1.76 bits per heavy atom. The molecule has 34 heavy (non-hydrogen) atoms. The lowest BCUT2D eigenvalue weighted by molar-refractivity contribution is -0.385. The highest BCUT2D eigenvalue weighted by atomic mass is 32.2. The molecule has 0 unspecified atom stereocenters. The fourth-order valence-electron chi connectivity index (χ4n) is 4.11. The molecule has 0 aliphatic carbocycles. The molecule has 4 rings (SSSR count). The lowest BCUT2D eigenvalue weighted by Gasteiger charge is -2.34. The van der Waals surface area contributed by atoms with Crippen LogP contribution in [-0.2, 0) is 16.4 Å². The molecule has 1 aromatic heterocycles. The quantitative estimate of drug-likeness (QED) is 0.393. The molecule has 0 bridgehead atoms. The molecule has 10 nitrogen and oxygen atoms in total. The lowest BCUT2D eigenvalue weighted by Crippen LogP contribution is -2.50. The van der Waals surface area contributed by atoms with E-state index in [-0.39, 0.29) is 42.7 Å². The van der Waals surface area contributed by atoms with Crippen molar-refractivity contribution in [1.82, 2.24) is 19.0 Å². The van der Waals surface area contributed by atoms with E-state index in [9.17, 15) is 23.3 Å². The average molecular weight is 484 g/mol. The lowest BCUT2D eigenvalue weighted by atomic mass is 10.1. The Labute approximate surface area is 197 Å². The number of para-hydroxylation sites is 1. The van der Waals surface area contributed by atoms with Crippen molar-refractivity contribution in [3.8, 4) is 5.69 Å². The minimum absolute atomic E-state index is 0.0844. The van der Waals surface area contributed by atoms with Gasteiger partial charge in [-0.15, -0.1) is 0 Å². The summed E-state index contributed by atoms with van der Waals surface area (Å²) < 4.78 is 29.4. The van der Waals surface area contributed by atoms with Crippen LogP contribution in [0.5, 0.6) is 0 Å². The van der Waals surface area contributed by atoms with E-state index >= 15 is 0 Å². The normalized spacial score (nSPS) is 14.8. The third kappa shape index (κ3) is 4.31. The molecule has 0 atom stereocenters. The molecule has 0 N–H and O–H groups in total. The maximum absolute atomic E-state index is 13.3. The van der Waals surface area contributed by atoms with Crippen molar-refractivity contribution in [1.29, 1.82) is 0 Å². The zero-order valence-electron chi connectivity index (χ0n) is 18.9. The van der Waals surface area contributed by atoms with Gasteiger partial charge in [0.05, 0.1) is 33.0 Å². The van der Waals surface area contributed by atoms with E-state index in [4.69, 9.17) is 0 Å². The number of aryl methyl sites for hydroxylation is 1. The third-order valence-corrected chi connectivity index (χ3v) is 8.00. The molecule has 1 amide bonds. The number of nitrogens with zero attached hydrogens (tertiary/aromatic N) is 5. The van der Waals surface area contributed by atoms with E-state index < -0.39 is 14.9 Å². The van der Waals surface area contributed by atoms with E-state index in [1.807, 2.05) is 37.3 Å². The molecule has 2 heterocycles. The van der Waals surface area contributed by atoms with Gasteiger partial charge in [0.2, 0.25) is 10.0 Å².